The van der Waals surface area contributed by atoms with Crippen molar-refractivity contribution in [2.45, 2.75) is 34.6 Å². The Morgan fingerprint density at radius 2 is 1.15 bits per heavy atom. The zero-order valence-electron chi connectivity index (χ0n) is 8.61. The van der Waals surface area contributed by atoms with Crippen molar-refractivity contribution < 1.29 is 10.1 Å². The molecule has 0 unspecified atom stereocenters. The van der Waals surface area contributed by atoms with Crippen molar-refractivity contribution in [2.75, 3.05) is 0 Å². The summed E-state index contributed by atoms with van der Waals surface area (Å²) < 4.78 is 0. The molecule has 1 aromatic carbocycles. The first kappa shape index (κ1) is 14.4. The number of rotatable bonds is 0. The predicted molar refractivity (Wildman–Crippen MR) is 73.8 cm³/mol. The van der Waals surface area contributed by atoms with Gasteiger partial charge in [0.15, 0.2) is 0 Å². The maximum atomic E-state index is 2.37. The average molecular weight is 490 g/mol. The van der Waals surface area contributed by atoms with Crippen molar-refractivity contribution in [3.8, 4) is 0 Å². The van der Waals surface area contributed by atoms with Crippen LogP contribution in [0.1, 0.15) is 27.8 Å². The summed E-state index contributed by atoms with van der Waals surface area (Å²) in [5.41, 5.74) is 7.34. The zero-order valence-corrected chi connectivity index (χ0v) is 14.7. The number of halogens is 2. The maximum absolute atomic E-state index is 2.37. The van der Waals surface area contributed by atoms with Crippen LogP contribution in [-0.2, 0) is 10.1 Å². The fourth-order valence-corrected chi connectivity index (χ4v) is 1.41. The Labute approximate surface area is 111 Å². The summed E-state index contributed by atoms with van der Waals surface area (Å²) in [6.45, 7) is 11.0. The van der Waals surface area contributed by atoms with Gasteiger partial charge < -0.3 is 0 Å². The molecule has 0 nitrogen and oxygen atoms in total. The van der Waals surface area contributed by atoms with Crippen LogP contribution in [0.5, 0.6) is 0 Å². The van der Waals surface area contributed by atoms with E-state index >= 15 is 0 Å². The van der Waals surface area contributed by atoms with Crippen molar-refractivity contribution in [1.29, 1.82) is 0 Å². The van der Waals surface area contributed by atoms with Gasteiger partial charge >= 0.3 is 49.6 Å². The van der Waals surface area contributed by atoms with Crippen LogP contribution in [0.25, 0.3) is 0 Å². The zero-order chi connectivity index (χ0) is 10.6. The topological polar surface area (TPSA) is 0 Å². The fourth-order valence-electron chi connectivity index (χ4n) is 1.41. The Kier molecular flexibility index (Phi) is 7.59. The average Bonchev–Trinajstić information content (AvgIpc) is 2.25. The number of hydrogen-bond donors (Lipinski definition) is 0. The van der Waals surface area contributed by atoms with Crippen LogP contribution in [-0.4, -0.2) is 0 Å². The van der Waals surface area contributed by atoms with Crippen molar-refractivity contribution >= 4 is 39.5 Å². The molecule has 13 heavy (non-hydrogen) atoms. The van der Waals surface area contributed by atoms with Gasteiger partial charge in [-0.1, -0.05) is 34.6 Å². The van der Waals surface area contributed by atoms with Gasteiger partial charge in [-0.15, -0.1) is 0 Å². The quantitative estimate of drug-likeness (QED) is 0.281. The first-order valence-electron chi connectivity index (χ1n) is 4.02. The summed E-state index contributed by atoms with van der Waals surface area (Å²) in [5.74, 6) is 0. The Hall–Kier alpha value is 1.43. The second-order valence-corrected chi connectivity index (χ2v) is 16.6. The third-order valence-electron chi connectivity index (χ3n) is 2.81. The van der Waals surface area contributed by atoms with Crippen molar-refractivity contribution in [1.82, 2.24) is 0 Å². The Morgan fingerprint density at radius 1 is 0.923 bits per heavy atom. The summed E-state index contributed by atoms with van der Waals surface area (Å²) in [6.07, 6.45) is 0. The molecule has 0 saturated carbocycles. The van der Waals surface area contributed by atoms with E-state index in [0.29, 0.717) is 10.1 Å². The van der Waals surface area contributed by atoms with Crippen LogP contribution < -0.4 is 0 Å². The van der Waals surface area contributed by atoms with Crippen molar-refractivity contribution in [2.24, 2.45) is 0 Å². The molecule has 0 aliphatic rings. The molecular formula is C10H15I2Ru-. The molecular weight excluding hydrogens is 475 g/mol. The van der Waals surface area contributed by atoms with Gasteiger partial charge in [0.1, 0.15) is 0 Å². The monoisotopic (exact) mass is 491 g/mol. The van der Waals surface area contributed by atoms with E-state index in [4.69, 9.17) is 0 Å². The molecule has 0 radical (unpaired) electrons. The van der Waals surface area contributed by atoms with Crippen LogP contribution in [0.3, 0.4) is 0 Å². The van der Waals surface area contributed by atoms with Gasteiger partial charge in [0.2, 0.25) is 0 Å². The first-order valence-corrected chi connectivity index (χ1v) is 14.4. The van der Waals surface area contributed by atoms with Crippen LogP contribution in [0.15, 0.2) is 0 Å². The molecule has 0 aliphatic heterocycles. The van der Waals surface area contributed by atoms with Gasteiger partial charge in [-0.3, -0.25) is 0 Å². The number of hydrogen-bond acceptors (Lipinski definition) is 0. The Bertz CT molecular complexity index is 197. The molecule has 0 atom stereocenters. The first-order chi connectivity index (χ1) is 5.97. The van der Waals surface area contributed by atoms with Crippen molar-refractivity contribution in [3.63, 3.8) is 0 Å². The second-order valence-electron chi connectivity index (χ2n) is 3.18. The Balaban J connectivity index is 0.000000424. The van der Waals surface area contributed by atoms with Crippen molar-refractivity contribution in [3.05, 3.63) is 27.8 Å². The minimum atomic E-state index is 0.650. The van der Waals surface area contributed by atoms with E-state index in [1.807, 2.05) is 0 Å². The molecule has 0 N–H and O–H groups in total. The SMILES string of the molecule is Cc1c(C)c(C)[c-](C)c1C.[I][Ru][I]. The third-order valence-corrected chi connectivity index (χ3v) is 2.81. The fraction of sp³-hybridized carbons (Fsp3) is 0.500. The van der Waals surface area contributed by atoms with E-state index in [2.05, 4.69) is 74.1 Å². The molecule has 1 rings (SSSR count). The van der Waals surface area contributed by atoms with E-state index < -0.39 is 0 Å². The van der Waals surface area contributed by atoms with Crippen LogP contribution in [0, 0.1) is 34.6 Å². The third kappa shape index (κ3) is 3.82. The Morgan fingerprint density at radius 3 is 1.23 bits per heavy atom. The molecule has 78 valence electrons. The molecule has 0 fully saturated rings. The summed E-state index contributed by atoms with van der Waals surface area (Å²) in [5, 5.41) is 0. The molecule has 3 heteroatoms. The summed E-state index contributed by atoms with van der Waals surface area (Å²) in [4.78, 5) is 0. The van der Waals surface area contributed by atoms with E-state index in [1.165, 1.54) is 27.8 Å². The van der Waals surface area contributed by atoms with Gasteiger partial charge in [-0.05, 0) is 0 Å². The van der Waals surface area contributed by atoms with Gasteiger partial charge in [0.05, 0.1) is 0 Å². The predicted octanol–water partition coefficient (Wildman–Crippen LogP) is 4.72. The summed E-state index contributed by atoms with van der Waals surface area (Å²) in [6, 6.07) is 0. The standard InChI is InChI=1S/C10H15.2HI.Ru/c1-6-7(2)9(4)10(5)8(6)3;;;/h1-5H3;2*1H;/q-1;;;+2/p-2. The molecule has 0 aliphatic carbocycles. The molecule has 0 bridgehead atoms. The van der Waals surface area contributed by atoms with Gasteiger partial charge in [-0.2, -0.15) is 27.8 Å². The van der Waals surface area contributed by atoms with Crippen LogP contribution in [0.4, 0.5) is 0 Å². The molecule has 0 heterocycles. The molecule has 1 aromatic rings. The molecule has 0 spiro atoms. The summed E-state index contributed by atoms with van der Waals surface area (Å²) >= 11 is 4.73. The van der Waals surface area contributed by atoms with Gasteiger partial charge in [0.25, 0.3) is 0 Å². The second kappa shape index (κ2) is 6.83. The van der Waals surface area contributed by atoms with Crippen LogP contribution in [0.2, 0.25) is 0 Å². The van der Waals surface area contributed by atoms with Gasteiger partial charge in [0, 0.05) is 0 Å². The van der Waals surface area contributed by atoms with E-state index in [-0.39, 0.29) is 0 Å². The summed E-state index contributed by atoms with van der Waals surface area (Å²) in [7, 11) is 0.650. The normalized spacial score (nSPS) is 9.77. The molecule has 0 aromatic heterocycles. The van der Waals surface area contributed by atoms with Crippen LogP contribution >= 0.6 is 39.5 Å². The van der Waals surface area contributed by atoms with E-state index in [9.17, 15) is 0 Å². The van der Waals surface area contributed by atoms with Gasteiger partial charge in [-0.25, -0.2) is 0 Å². The van der Waals surface area contributed by atoms with E-state index in [1.54, 1.807) is 0 Å². The van der Waals surface area contributed by atoms with E-state index in [0.717, 1.165) is 0 Å². The molecule has 0 saturated heterocycles. The molecule has 0 amide bonds. The minimum absolute atomic E-state index is 0.650.